The number of rotatable bonds is 3. The lowest BCUT2D eigenvalue weighted by molar-refractivity contribution is 0.478. The molecule has 0 saturated heterocycles. The molecule has 7 heteroatoms. The normalized spacial score (nSPS) is 13.9. The number of hydrogen-bond acceptors (Lipinski definition) is 3. The molecule has 84 valence electrons. The quantitative estimate of drug-likeness (QED) is 0.822. The van der Waals surface area contributed by atoms with Crippen LogP contribution in [-0.4, -0.2) is 18.7 Å². The topological polar surface area (TPSA) is 80.4 Å². The zero-order valence-electron chi connectivity index (χ0n) is 7.52. The van der Waals surface area contributed by atoms with Crippen molar-refractivity contribution in [3.8, 4) is 0 Å². The maximum absolute atomic E-state index is 10.6. The van der Waals surface area contributed by atoms with Gasteiger partial charge in [0.25, 0.3) is 10.1 Å². The Morgan fingerprint density at radius 2 is 1.80 bits per heavy atom. The van der Waals surface area contributed by atoms with Crippen LogP contribution in [-0.2, 0) is 10.1 Å². The monoisotopic (exact) mass is 269 g/mol. The number of nitrogens with two attached hydrogens (primary N) is 1. The van der Waals surface area contributed by atoms with Crippen molar-refractivity contribution in [1.82, 2.24) is 0 Å². The summed E-state index contributed by atoms with van der Waals surface area (Å²) in [5.41, 5.74) is 5.89. The van der Waals surface area contributed by atoms with E-state index in [1.807, 2.05) is 0 Å². The fourth-order valence-corrected chi connectivity index (χ4v) is 2.47. The highest BCUT2D eigenvalue weighted by Crippen LogP contribution is 2.29. The Kier molecular flexibility index (Phi) is 3.97. The van der Waals surface area contributed by atoms with Crippen LogP contribution in [0.25, 0.3) is 0 Å². The molecular weight excluding hydrogens is 261 g/mol. The summed E-state index contributed by atoms with van der Waals surface area (Å²) < 4.78 is 29.9. The largest absolute Gasteiger partial charge is 0.323 e. The van der Waals surface area contributed by atoms with Gasteiger partial charge < -0.3 is 5.73 Å². The van der Waals surface area contributed by atoms with E-state index in [4.69, 9.17) is 33.5 Å². The molecule has 1 aromatic carbocycles. The van der Waals surface area contributed by atoms with E-state index >= 15 is 0 Å². The molecule has 0 heterocycles. The van der Waals surface area contributed by atoms with Crippen molar-refractivity contribution in [3.63, 3.8) is 0 Å². The molecule has 0 aliphatic heterocycles. The first kappa shape index (κ1) is 12.7. The summed E-state index contributed by atoms with van der Waals surface area (Å²) >= 11 is 11.6. The van der Waals surface area contributed by atoms with Gasteiger partial charge in [-0.15, -0.1) is 0 Å². The summed E-state index contributed by atoms with van der Waals surface area (Å²) in [5, 5.41) is 0.553. The smallest absolute Gasteiger partial charge is 0.266 e. The minimum absolute atomic E-state index is 0.277. The van der Waals surface area contributed by atoms with Crippen molar-refractivity contribution < 1.29 is 13.0 Å². The van der Waals surface area contributed by atoms with E-state index in [1.165, 1.54) is 0 Å². The molecule has 15 heavy (non-hydrogen) atoms. The summed E-state index contributed by atoms with van der Waals surface area (Å²) in [7, 11) is -4.15. The summed E-state index contributed by atoms with van der Waals surface area (Å²) in [5.74, 6) is -0.615. The molecule has 0 amide bonds. The van der Waals surface area contributed by atoms with Crippen molar-refractivity contribution in [2.75, 3.05) is 5.75 Å². The van der Waals surface area contributed by atoms with Crippen LogP contribution < -0.4 is 5.73 Å². The first-order valence-electron chi connectivity index (χ1n) is 3.96. The summed E-state index contributed by atoms with van der Waals surface area (Å²) in [6.07, 6.45) is 0. The average Bonchev–Trinajstić information content (AvgIpc) is 1.99. The second kappa shape index (κ2) is 4.67. The Hall–Kier alpha value is -0.330. The Morgan fingerprint density at radius 3 is 2.20 bits per heavy atom. The van der Waals surface area contributed by atoms with E-state index < -0.39 is 21.9 Å². The van der Waals surface area contributed by atoms with Crippen LogP contribution in [0.2, 0.25) is 10.0 Å². The van der Waals surface area contributed by atoms with E-state index in [0.29, 0.717) is 5.56 Å². The van der Waals surface area contributed by atoms with Crippen LogP contribution in [0, 0.1) is 0 Å². The molecule has 0 fully saturated rings. The molecular formula is C8H9Cl2NO3S. The van der Waals surface area contributed by atoms with Crippen molar-refractivity contribution in [1.29, 1.82) is 0 Å². The van der Waals surface area contributed by atoms with Gasteiger partial charge in [0.1, 0.15) is 0 Å². The van der Waals surface area contributed by atoms with Gasteiger partial charge in [0.15, 0.2) is 0 Å². The summed E-state index contributed by atoms with van der Waals surface area (Å²) in [6, 6.07) is 3.77. The van der Waals surface area contributed by atoms with Crippen LogP contribution in [0.5, 0.6) is 0 Å². The zero-order valence-corrected chi connectivity index (χ0v) is 9.85. The SMILES string of the molecule is NC(CS(=O)(=O)O)c1c(Cl)cccc1Cl. The summed E-state index contributed by atoms with van der Waals surface area (Å²) in [4.78, 5) is 0. The van der Waals surface area contributed by atoms with Gasteiger partial charge in [0.05, 0.1) is 5.75 Å². The lowest BCUT2D eigenvalue weighted by atomic mass is 10.1. The molecule has 0 spiro atoms. The fourth-order valence-electron chi connectivity index (χ4n) is 1.18. The van der Waals surface area contributed by atoms with Crippen molar-refractivity contribution in [2.24, 2.45) is 5.73 Å². The zero-order chi connectivity index (χ0) is 11.6. The molecule has 0 aromatic heterocycles. The van der Waals surface area contributed by atoms with Crippen LogP contribution in [0.4, 0.5) is 0 Å². The van der Waals surface area contributed by atoms with Crippen LogP contribution in [0.15, 0.2) is 18.2 Å². The third-order valence-corrected chi connectivity index (χ3v) is 3.20. The van der Waals surface area contributed by atoms with E-state index in [0.717, 1.165) is 0 Å². The van der Waals surface area contributed by atoms with Gasteiger partial charge in [-0.1, -0.05) is 29.3 Å². The van der Waals surface area contributed by atoms with Gasteiger partial charge in [-0.2, -0.15) is 8.42 Å². The first-order valence-corrected chi connectivity index (χ1v) is 6.32. The van der Waals surface area contributed by atoms with Gasteiger partial charge in [0, 0.05) is 21.7 Å². The highest BCUT2D eigenvalue weighted by Gasteiger charge is 2.19. The Balaban J connectivity index is 3.06. The molecule has 1 rings (SSSR count). The average molecular weight is 270 g/mol. The van der Waals surface area contributed by atoms with Gasteiger partial charge >= 0.3 is 0 Å². The molecule has 0 radical (unpaired) electrons. The standard InChI is InChI=1S/C8H9Cl2NO3S/c9-5-2-1-3-6(10)8(5)7(11)4-15(12,13)14/h1-3,7H,4,11H2,(H,12,13,14). The van der Waals surface area contributed by atoms with Crippen LogP contribution in [0.3, 0.4) is 0 Å². The molecule has 0 saturated carbocycles. The number of hydrogen-bond donors (Lipinski definition) is 2. The van der Waals surface area contributed by atoms with Crippen molar-refractivity contribution in [2.45, 2.75) is 6.04 Å². The molecule has 4 nitrogen and oxygen atoms in total. The highest BCUT2D eigenvalue weighted by molar-refractivity contribution is 7.85. The van der Waals surface area contributed by atoms with E-state index in [2.05, 4.69) is 0 Å². The van der Waals surface area contributed by atoms with Crippen molar-refractivity contribution in [3.05, 3.63) is 33.8 Å². The Morgan fingerprint density at radius 1 is 1.33 bits per heavy atom. The molecule has 3 N–H and O–H groups in total. The van der Waals surface area contributed by atoms with Gasteiger partial charge in [0.2, 0.25) is 0 Å². The van der Waals surface area contributed by atoms with E-state index in [9.17, 15) is 8.42 Å². The second-order valence-corrected chi connectivity index (χ2v) is 5.30. The fraction of sp³-hybridized carbons (Fsp3) is 0.250. The van der Waals surface area contributed by atoms with Crippen molar-refractivity contribution >= 4 is 33.3 Å². The van der Waals surface area contributed by atoms with Crippen LogP contribution in [0.1, 0.15) is 11.6 Å². The lowest BCUT2D eigenvalue weighted by Crippen LogP contribution is -2.21. The predicted molar refractivity (Wildman–Crippen MR) is 59.8 cm³/mol. The highest BCUT2D eigenvalue weighted by atomic mass is 35.5. The molecule has 0 aliphatic carbocycles. The Bertz CT molecular complexity index is 441. The first-order chi connectivity index (χ1) is 6.81. The molecule has 0 bridgehead atoms. The second-order valence-electron chi connectivity index (χ2n) is 2.99. The lowest BCUT2D eigenvalue weighted by Gasteiger charge is -2.13. The maximum atomic E-state index is 10.6. The molecule has 1 unspecified atom stereocenters. The van der Waals surface area contributed by atoms with Gasteiger partial charge in [-0.25, -0.2) is 0 Å². The molecule has 1 atom stereocenters. The minimum Gasteiger partial charge on any atom is -0.323 e. The number of benzene rings is 1. The number of halogens is 2. The Labute approximate surface area is 97.7 Å². The third-order valence-electron chi connectivity index (χ3n) is 1.76. The van der Waals surface area contributed by atoms with E-state index in [-0.39, 0.29) is 10.0 Å². The molecule has 1 aromatic rings. The maximum Gasteiger partial charge on any atom is 0.266 e. The predicted octanol–water partition coefficient (Wildman–Crippen LogP) is 1.88. The minimum atomic E-state index is -4.15. The third kappa shape index (κ3) is 3.62. The summed E-state index contributed by atoms with van der Waals surface area (Å²) in [6.45, 7) is 0. The van der Waals surface area contributed by atoms with E-state index in [1.54, 1.807) is 18.2 Å². The van der Waals surface area contributed by atoms with Crippen LogP contribution >= 0.6 is 23.2 Å². The van der Waals surface area contributed by atoms with Gasteiger partial charge in [-0.3, -0.25) is 4.55 Å². The van der Waals surface area contributed by atoms with Gasteiger partial charge in [-0.05, 0) is 12.1 Å². The molecule has 0 aliphatic rings.